The van der Waals surface area contributed by atoms with Crippen molar-refractivity contribution in [1.82, 2.24) is 5.32 Å². The summed E-state index contributed by atoms with van der Waals surface area (Å²) in [4.78, 5) is 4.32. The molecule has 0 bridgehead atoms. The summed E-state index contributed by atoms with van der Waals surface area (Å²) < 4.78 is 7.08. The predicted molar refractivity (Wildman–Crippen MR) is 75.6 cm³/mol. The van der Waals surface area contributed by atoms with Crippen molar-refractivity contribution in [3.63, 3.8) is 0 Å². The van der Waals surface area contributed by atoms with Crippen molar-refractivity contribution < 1.29 is 4.43 Å². The minimum Gasteiger partial charge on any atom is -0.414 e. The first-order valence-corrected chi connectivity index (χ1v) is 9.22. The summed E-state index contributed by atoms with van der Waals surface area (Å²) in [5, 5.41) is 3.24. The van der Waals surface area contributed by atoms with Gasteiger partial charge in [-0.25, -0.2) is 0 Å². The molecule has 0 aromatic rings. The van der Waals surface area contributed by atoms with Crippen LogP contribution in [0.3, 0.4) is 0 Å². The summed E-state index contributed by atoms with van der Waals surface area (Å²) in [5.74, 6) is 0. The van der Waals surface area contributed by atoms with Gasteiger partial charge in [-0.3, -0.25) is 4.99 Å². The van der Waals surface area contributed by atoms with Crippen molar-refractivity contribution in [2.75, 3.05) is 6.61 Å². The van der Waals surface area contributed by atoms with Crippen LogP contribution in [0.4, 0.5) is 0 Å². The van der Waals surface area contributed by atoms with Crippen LogP contribution in [-0.4, -0.2) is 27.3 Å². The predicted octanol–water partition coefficient (Wildman–Crippen LogP) is 3.24. The molecule has 1 aliphatic heterocycles. The summed E-state index contributed by atoms with van der Waals surface area (Å²) >= 11 is 3.40. The van der Waals surface area contributed by atoms with E-state index in [-0.39, 0.29) is 11.1 Å². The number of hydrogen-bond acceptors (Lipinski definition) is 3. The van der Waals surface area contributed by atoms with E-state index in [0.717, 1.165) is 4.61 Å². The van der Waals surface area contributed by atoms with E-state index < -0.39 is 8.32 Å². The molecule has 1 unspecified atom stereocenters. The van der Waals surface area contributed by atoms with Gasteiger partial charge >= 0.3 is 0 Å². The highest BCUT2D eigenvalue weighted by Gasteiger charge is 2.37. The van der Waals surface area contributed by atoms with E-state index in [9.17, 15) is 0 Å². The molecule has 0 aromatic carbocycles. The Morgan fingerprint density at radius 2 is 2.12 bits per heavy atom. The number of halogens is 1. The van der Waals surface area contributed by atoms with Crippen LogP contribution < -0.4 is 5.32 Å². The number of nitrogens with zero attached hydrogens (tertiary/aromatic N) is 1. The maximum absolute atomic E-state index is 6.11. The third-order valence-corrected chi connectivity index (χ3v) is 8.22. The highest BCUT2D eigenvalue weighted by atomic mass is 79.9. The zero-order valence-corrected chi connectivity index (χ0v) is 13.3. The number of nitrogens with one attached hydrogen (secondary N) is 1. The van der Waals surface area contributed by atoms with Crippen LogP contribution in [0.25, 0.3) is 0 Å². The van der Waals surface area contributed by atoms with E-state index in [1.54, 1.807) is 6.34 Å². The topological polar surface area (TPSA) is 33.6 Å². The molecule has 0 saturated heterocycles. The minimum atomic E-state index is -1.65. The summed E-state index contributed by atoms with van der Waals surface area (Å²) in [6.07, 6.45) is 3.75. The maximum Gasteiger partial charge on any atom is 0.192 e. The molecule has 1 atom stereocenters. The monoisotopic (exact) mass is 304 g/mol. The Labute approximate surface area is 108 Å². The van der Waals surface area contributed by atoms with Gasteiger partial charge in [0.1, 0.15) is 0 Å². The van der Waals surface area contributed by atoms with Crippen molar-refractivity contribution in [1.29, 1.82) is 0 Å². The number of rotatable bonds is 3. The summed E-state index contributed by atoms with van der Waals surface area (Å²) in [6, 6.07) is 0.129. The molecule has 1 heterocycles. The fraction of sp³-hybridized carbons (Fsp3) is 0.727. The van der Waals surface area contributed by atoms with E-state index in [2.05, 4.69) is 60.1 Å². The standard InChI is InChI=1S/C11H21BrN2OSi/c1-11(2,3)16(4,5)15-7-9-6-10(12)14-8-13-9/h6,8-9H,7H2,1-5H3,(H,13,14). The average molecular weight is 305 g/mol. The molecular formula is C11H21BrN2OSi. The largest absolute Gasteiger partial charge is 0.414 e. The van der Waals surface area contributed by atoms with E-state index >= 15 is 0 Å². The lowest BCUT2D eigenvalue weighted by Crippen LogP contribution is -2.42. The molecule has 0 radical (unpaired) electrons. The maximum atomic E-state index is 6.11. The Kier molecular flexibility index (Phi) is 4.37. The van der Waals surface area contributed by atoms with Crippen molar-refractivity contribution >= 4 is 30.6 Å². The van der Waals surface area contributed by atoms with Gasteiger partial charge in [0.15, 0.2) is 8.32 Å². The van der Waals surface area contributed by atoms with Crippen LogP contribution in [0, 0.1) is 0 Å². The van der Waals surface area contributed by atoms with Crippen LogP contribution in [0.2, 0.25) is 18.1 Å². The normalized spacial score (nSPS) is 21.6. The molecule has 3 nitrogen and oxygen atoms in total. The molecule has 0 saturated carbocycles. The highest BCUT2D eigenvalue weighted by molar-refractivity contribution is 9.11. The van der Waals surface area contributed by atoms with Crippen LogP contribution in [0.5, 0.6) is 0 Å². The third-order valence-electron chi connectivity index (χ3n) is 3.23. The fourth-order valence-electron chi connectivity index (χ4n) is 1.06. The van der Waals surface area contributed by atoms with Gasteiger partial charge < -0.3 is 9.74 Å². The second-order valence-electron chi connectivity index (χ2n) is 5.58. The zero-order chi connectivity index (χ0) is 12.4. The van der Waals surface area contributed by atoms with Gasteiger partial charge in [0.05, 0.1) is 23.6 Å². The van der Waals surface area contributed by atoms with Gasteiger partial charge in [-0.1, -0.05) is 20.8 Å². The molecule has 0 spiro atoms. The summed E-state index contributed by atoms with van der Waals surface area (Å²) in [7, 11) is -1.65. The molecule has 1 rings (SSSR count). The molecule has 5 heteroatoms. The van der Waals surface area contributed by atoms with Crippen LogP contribution in [0.1, 0.15) is 20.8 Å². The first-order chi connectivity index (χ1) is 7.22. The molecular weight excluding hydrogens is 284 g/mol. The Morgan fingerprint density at radius 3 is 2.62 bits per heavy atom. The second-order valence-corrected chi connectivity index (χ2v) is 11.2. The van der Waals surface area contributed by atoms with Crippen molar-refractivity contribution in [2.45, 2.75) is 44.9 Å². The highest BCUT2D eigenvalue weighted by Crippen LogP contribution is 2.36. The lowest BCUT2D eigenvalue weighted by Gasteiger charge is -2.36. The average Bonchev–Trinajstić information content (AvgIpc) is 2.13. The minimum absolute atomic E-state index is 0.129. The van der Waals surface area contributed by atoms with Gasteiger partial charge in [-0.05, 0) is 40.1 Å². The second kappa shape index (κ2) is 5.02. The van der Waals surface area contributed by atoms with Gasteiger partial charge in [-0.2, -0.15) is 0 Å². The third kappa shape index (κ3) is 3.71. The molecule has 1 aliphatic rings. The SMILES string of the molecule is CC(C)(C)[Si](C)(C)OCC1C=C(Br)NC=N1. The van der Waals surface area contributed by atoms with E-state index in [0.29, 0.717) is 6.61 Å². The first kappa shape index (κ1) is 13.9. The molecule has 1 N–H and O–H groups in total. The number of hydrogen-bond donors (Lipinski definition) is 1. The van der Waals surface area contributed by atoms with Gasteiger partial charge in [0, 0.05) is 0 Å². The lowest BCUT2D eigenvalue weighted by molar-refractivity contribution is 0.278. The Hall–Kier alpha value is -0.133. The van der Waals surface area contributed by atoms with E-state index in [4.69, 9.17) is 4.43 Å². The molecule has 0 amide bonds. The Morgan fingerprint density at radius 1 is 1.50 bits per heavy atom. The molecule has 0 aromatic heterocycles. The Bertz CT molecular complexity index is 308. The molecule has 0 fully saturated rings. The Balaban J connectivity index is 2.52. The summed E-state index contributed by atoms with van der Waals surface area (Å²) in [5.41, 5.74) is 0. The lowest BCUT2D eigenvalue weighted by atomic mass is 10.2. The van der Waals surface area contributed by atoms with E-state index in [1.807, 2.05) is 6.08 Å². The van der Waals surface area contributed by atoms with Crippen molar-refractivity contribution in [2.24, 2.45) is 4.99 Å². The number of aliphatic imine (C=N–C) groups is 1. The molecule has 92 valence electrons. The van der Waals surface area contributed by atoms with Crippen LogP contribution in [-0.2, 0) is 4.43 Å². The van der Waals surface area contributed by atoms with Crippen LogP contribution >= 0.6 is 15.9 Å². The van der Waals surface area contributed by atoms with Gasteiger partial charge in [0.25, 0.3) is 0 Å². The zero-order valence-electron chi connectivity index (χ0n) is 10.7. The van der Waals surface area contributed by atoms with Gasteiger partial charge in [0.2, 0.25) is 0 Å². The van der Waals surface area contributed by atoms with Crippen molar-refractivity contribution in [3.05, 3.63) is 10.7 Å². The van der Waals surface area contributed by atoms with Crippen LogP contribution in [0.15, 0.2) is 15.7 Å². The molecule has 16 heavy (non-hydrogen) atoms. The summed E-state index contributed by atoms with van der Waals surface area (Å²) in [6.45, 7) is 11.9. The fourth-order valence-corrected chi connectivity index (χ4v) is 2.48. The molecule has 0 aliphatic carbocycles. The first-order valence-electron chi connectivity index (χ1n) is 5.52. The van der Waals surface area contributed by atoms with E-state index in [1.165, 1.54) is 0 Å². The van der Waals surface area contributed by atoms with Crippen molar-refractivity contribution in [3.8, 4) is 0 Å². The quantitative estimate of drug-likeness (QED) is 0.641. The smallest absolute Gasteiger partial charge is 0.192 e. The van der Waals surface area contributed by atoms with Gasteiger partial charge in [-0.15, -0.1) is 0 Å².